The minimum Gasteiger partial charge on any atom is -0.271 e. The summed E-state index contributed by atoms with van der Waals surface area (Å²) in [6.07, 6.45) is 0.828. The quantitative estimate of drug-likeness (QED) is 0.494. The number of nitrogens with two attached hydrogens (primary N) is 1. The lowest BCUT2D eigenvalue weighted by molar-refractivity contribution is 0.483. The van der Waals surface area contributed by atoms with E-state index in [0.29, 0.717) is 6.42 Å². The van der Waals surface area contributed by atoms with Crippen molar-refractivity contribution in [3.05, 3.63) is 56.2 Å². The van der Waals surface area contributed by atoms with Crippen molar-refractivity contribution in [2.45, 2.75) is 18.9 Å². The average Bonchev–Trinajstić information content (AvgIpc) is 2.90. The third kappa shape index (κ3) is 3.60. The Morgan fingerprint density at radius 3 is 2.68 bits per heavy atom. The Morgan fingerprint density at radius 2 is 2.05 bits per heavy atom. The van der Waals surface area contributed by atoms with Crippen LogP contribution >= 0.6 is 27.3 Å². The Morgan fingerprint density at radius 1 is 1.26 bits per heavy atom. The summed E-state index contributed by atoms with van der Waals surface area (Å²) in [5.74, 6) is 4.36. The predicted octanol–water partition coefficient (Wildman–Crippen LogP) is 3.41. The monoisotopic (exact) mass is 346 g/mol. The van der Waals surface area contributed by atoms with E-state index in [-0.39, 0.29) is 22.5 Å². The first-order valence-corrected chi connectivity index (χ1v) is 7.45. The van der Waals surface area contributed by atoms with E-state index in [0.717, 1.165) is 5.56 Å². The highest BCUT2D eigenvalue weighted by atomic mass is 79.9. The van der Waals surface area contributed by atoms with Crippen LogP contribution in [0.3, 0.4) is 0 Å². The van der Waals surface area contributed by atoms with Gasteiger partial charge in [0.2, 0.25) is 0 Å². The number of benzene rings is 1. The molecule has 0 saturated heterocycles. The minimum absolute atomic E-state index is 0.0487. The zero-order valence-electron chi connectivity index (χ0n) is 10.00. The lowest BCUT2D eigenvalue weighted by Gasteiger charge is -2.16. The molecule has 102 valence electrons. The van der Waals surface area contributed by atoms with Crippen LogP contribution in [-0.2, 0) is 12.8 Å². The molecule has 1 unspecified atom stereocenters. The van der Waals surface area contributed by atoms with Gasteiger partial charge in [0, 0.05) is 11.6 Å². The summed E-state index contributed by atoms with van der Waals surface area (Å²) >= 11 is 4.64. The molecule has 0 radical (unpaired) electrons. The smallest absolute Gasteiger partial charge is 0.143 e. The molecule has 1 aromatic carbocycles. The maximum absolute atomic E-state index is 13.9. The van der Waals surface area contributed by atoms with Crippen molar-refractivity contribution in [1.29, 1.82) is 0 Å². The Hall–Kier alpha value is -0.820. The maximum atomic E-state index is 13.9. The van der Waals surface area contributed by atoms with Gasteiger partial charge in [-0.25, -0.2) is 8.78 Å². The number of hydrogen-bond donors (Lipinski definition) is 2. The molecule has 2 aromatic rings. The van der Waals surface area contributed by atoms with E-state index in [1.54, 1.807) is 11.3 Å². The fraction of sp³-hybridized carbons (Fsp3) is 0.231. The molecular weight excluding hydrogens is 334 g/mol. The van der Waals surface area contributed by atoms with E-state index in [4.69, 9.17) is 5.84 Å². The number of thiophene rings is 1. The molecule has 0 amide bonds. The first-order chi connectivity index (χ1) is 9.11. The van der Waals surface area contributed by atoms with Crippen LogP contribution in [-0.4, -0.2) is 6.04 Å². The summed E-state index contributed by atoms with van der Waals surface area (Å²) in [6.45, 7) is 0. The van der Waals surface area contributed by atoms with Crippen LogP contribution < -0.4 is 11.3 Å². The Bertz CT molecular complexity index is 546. The fourth-order valence-electron chi connectivity index (χ4n) is 1.89. The van der Waals surface area contributed by atoms with Crippen LogP contribution in [0.5, 0.6) is 0 Å². The molecule has 1 atom stereocenters. The first kappa shape index (κ1) is 14.6. The van der Waals surface area contributed by atoms with Crippen molar-refractivity contribution >= 4 is 27.3 Å². The number of hydrazine groups is 1. The van der Waals surface area contributed by atoms with Gasteiger partial charge >= 0.3 is 0 Å². The van der Waals surface area contributed by atoms with E-state index in [1.165, 1.54) is 12.1 Å². The number of nitrogens with one attached hydrogen (secondary N) is 1. The number of rotatable bonds is 5. The molecule has 0 fully saturated rings. The molecule has 1 heterocycles. The van der Waals surface area contributed by atoms with Gasteiger partial charge in [0.15, 0.2) is 0 Å². The predicted molar refractivity (Wildman–Crippen MR) is 76.9 cm³/mol. The topological polar surface area (TPSA) is 38.0 Å². The van der Waals surface area contributed by atoms with Gasteiger partial charge in [-0.1, -0.05) is 0 Å². The summed E-state index contributed by atoms with van der Waals surface area (Å²) in [6, 6.07) is 4.37. The summed E-state index contributed by atoms with van der Waals surface area (Å²) in [5, 5.41) is 3.96. The molecule has 0 aliphatic heterocycles. The number of halogens is 3. The Balaban J connectivity index is 2.16. The molecule has 0 aliphatic carbocycles. The van der Waals surface area contributed by atoms with Crippen molar-refractivity contribution in [2.75, 3.05) is 0 Å². The molecule has 2 rings (SSSR count). The zero-order valence-corrected chi connectivity index (χ0v) is 12.4. The van der Waals surface area contributed by atoms with Gasteiger partial charge in [-0.05, 0) is 63.3 Å². The van der Waals surface area contributed by atoms with Gasteiger partial charge in [-0.15, -0.1) is 0 Å². The van der Waals surface area contributed by atoms with Crippen LogP contribution in [0.25, 0.3) is 0 Å². The molecule has 3 N–H and O–H groups in total. The summed E-state index contributed by atoms with van der Waals surface area (Å²) in [5.41, 5.74) is 3.77. The molecule has 6 heteroatoms. The lowest BCUT2D eigenvalue weighted by atomic mass is 10.0. The molecule has 0 spiro atoms. The second-order valence-electron chi connectivity index (χ2n) is 4.23. The standard InChI is InChI=1S/C13H13BrF2N2S/c14-11-1-2-12(15)10(13(11)16)6-9(18-17)5-8-3-4-19-7-8/h1-4,7,9,18H,5-6,17H2. The SMILES string of the molecule is NNC(Cc1ccsc1)Cc1c(F)ccc(Br)c1F. The molecule has 0 bridgehead atoms. The highest BCUT2D eigenvalue weighted by Crippen LogP contribution is 2.23. The van der Waals surface area contributed by atoms with Crippen LogP contribution in [0.2, 0.25) is 0 Å². The molecule has 2 nitrogen and oxygen atoms in total. The summed E-state index contributed by atoms with van der Waals surface area (Å²) in [7, 11) is 0. The second-order valence-corrected chi connectivity index (χ2v) is 5.86. The minimum atomic E-state index is -0.564. The fourth-order valence-corrected chi connectivity index (χ4v) is 2.94. The van der Waals surface area contributed by atoms with Gasteiger partial charge in [0.05, 0.1) is 4.47 Å². The van der Waals surface area contributed by atoms with Crippen molar-refractivity contribution in [2.24, 2.45) is 5.84 Å². The molecule has 0 saturated carbocycles. The largest absolute Gasteiger partial charge is 0.271 e. The molecule has 19 heavy (non-hydrogen) atoms. The summed E-state index contributed by atoms with van der Waals surface area (Å²) < 4.78 is 27.8. The van der Waals surface area contributed by atoms with E-state index >= 15 is 0 Å². The molecule has 0 aliphatic rings. The zero-order chi connectivity index (χ0) is 13.8. The lowest BCUT2D eigenvalue weighted by Crippen LogP contribution is -2.38. The number of hydrogen-bond acceptors (Lipinski definition) is 3. The van der Waals surface area contributed by atoms with Crippen molar-refractivity contribution < 1.29 is 8.78 Å². The normalized spacial score (nSPS) is 12.6. The highest BCUT2D eigenvalue weighted by molar-refractivity contribution is 9.10. The third-order valence-electron chi connectivity index (χ3n) is 2.89. The van der Waals surface area contributed by atoms with Crippen LogP contribution in [0, 0.1) is 11.6 Å². The van der Waals surface area contributed by atoms with Crippen LogP contribution in [0.15, 0.2) is 33.4 Å². The van der Waals surface area contributed by atoms with E-state index in [1.807, 2.05) is 16.8 Å². The Kier molecular flexibility index (Phi) is 5.04. The highest BCUT2D eigenvalue weighted by Gasteiger charge is 2.17. The first-order valence-electron chi connectivity index (χ1n) is 5.71. The van der Waals surface area contributed by atoms with Crippen LogP contribution in [0.4, 0.5) is 8.78 Å². The van der Waals surface area contributed by atoms with Gasteiger partial charge in [-0.2, -0.15) is 11.3 Å². The van der Waals surface area contributed by atoms with Gasteiger partial charge in [-0.3, -0.25) is 11.3 Å². The van der Waals surface area contributed by atoms with Crippen LogP contribution in [0.1, 0.15) is 11.1 Å². The van der Waals surface area contributed by atoms with Gasteiger partial charge in [0.25, 0.3) is 0 Å². The van der Waals surface area contributed by atoms with E-state index < -0.39 is 11.6 Å². The van der Waals surface area contributed by atoms with Gasteiger partial charge < -0.3 is 0 Å². The third-order valence-corrected chi connectivity index (χ3v) is 4.23. The van der Waals surface area contributed by atoms with Crippen molar-refractivity contribution in [3.8, 4) is 0 Å². The van der Waals surface area contributed by atoms with Gasteiger partial charge in [0.1, 0.15) is 11.6 Å². The van der Waals surface area contributed by atoms with E-state index in [2.05, 4.69) is 21.4 Å². The van der Waals surface area contributed by atoms with Crippen molar-refractivity contribution in [3.63, 3.8) is 0 Å². The average molecular weight is 347 g/mol. The second kappa shape index (κ2) is 6.56. The van der Waals surface area contributed by atoms with E-state index in [9.17, 15) is 8.78 Å². The summed E-state index contributed by atoms with van der Waals surface area (Å²) in [4.78, 5) is 0. The molecular formula is C13H13BrF2N2S. The maximum Gasteiger partial charge on any atom is 0.143 e. The Labute approximate surface area is 122 Å². The van der Waals surface area contributed by atoms with Crippen molar-refractivity contribution in [1.82, 2.24) is 5.43 Å². The molecule has 1 aromatic heterocycles.